The number of sulfonamides is 1. The number of nitrogens with zero attached hydrogens (tertiary/aromatic N) is 5. The van der Waals surface area contributed by atoms with Crippen LogP contribution in [0.3, 0.4) is 0 Å². The lowest BCUT2D eigenvalue weighted by atomic mass is 10.2. The van der Waals surface area contributed by atoms with E-state index in [9.17, 15) is 13.2 Å². The van der Waals surface area contributed by atoms with Gasteiger partial charge in [-0.3, -0.25) is 4.79 Å². The third kappa shape index (κ3) is 5.98. The Morgan fingerprint density at radius 2 is 1.75 bits per heavy atom. The number of hydrogen-bond donors (Lipinski definition) is 0. The van der Waals surface area contributed by atoms with Crippen molar-refractivity contribution in [3.63, 3.8) is 0 Å². The summed E-state index contributed by atoms with van der Waals surface area (Å²) in [7, 11) is -0.765. The van der Waals surface area contributed by atoms with Gasteiger partial charge >= 0.3 is 0 Å². The van der Waals surface area contributed by atoms with Gasteiger partial charge in [-0.25, -0.2) is 8.42 Å². The minimum atomic E-state index is -3.93. The average Bonchev–Trinajstić information content (AvgIpc) is 3.24. The molecule has 0 aliphatic heterocycles. The summed E-state index contributed by atoms with van der Waals surface area (Å²) in [4.78, 5) is 17.7. The summed E-state index contributed by atoms with van der Waals surface area (Å²) in [5.74, 6) is 0.127. The van der Waals surface area contributed by atoms with Crippen LogP contribution in [0.4, 0.5) is 0 Å². The maximum atomic E-state index is 13.0. The number of rotatable bonds is 11. The molecule has 3 rings (SSSR count). The minimum Gasteiger partial charge on any atom is -0.495 e. The van der Waals surface area contributed by atoms with Crippen molar-refractivity contribution in [2.24, 2.45) is 4.99 Å². The van der Waals surface area contributed by atoms with E-state index in [2.05, 4.69) is 4.99 Å². The van der Waals surface area contributed by atoms with Gasteiger partial charge in [0.1, 0.15) is 11.3 Å². The average molecular weight is 528 g/mol. The highest BCUT2D eigenvalue weighted by molar-refractivity contribution is 7.89. The summed E-state index contributed by atoms with van der Waals surface area (Å²) in [6, 6.07) is 14.9. The zero-order valence-electron chi connectivity index (χ0n) is 19.9. The smallest absolute Gasteiger partial charge is 0.279 e. The SMILES string of the molecule is COCCn1c(=NC(=O)c2ccc(S(=O)(=O)N(CCC#N)CCC#N)cc2)sc2cccc(OC)c21. The fourth-order valence-corrected chi connectivity index (χ4v) is 6.02. The van der Waals surface area contributed by atoms with E-state index >= 15 is 0 Å². The molecule has 0 aliphatic carbocycles. The predicted molar refractivity (Wildman–Crippen MR) is 134 cm³/mol. The van der Waals surface area contributed by atoms with Crippen LogP contribution in [-0.4, -0.2) is 57.1 Å². The molecule has 0 fully saturated rings. The molecule has 0 bridgehead atoms. The Bertz CT molecular complexity index is 1460. The third-order valence-corrected chi connectivity index (χ3v) is 8.24. The number of hydrogen-bond acceptors (Lipinski definition) is 8. The van der Waals surface area contributed by atoms with Crippen LogP contribution < -0.4 is 9.54 Å². The zero-order valence-corrected chi connectivity index (χ0v) is 21.5. The lowest BCUT2D eigenvalue weighted by molar-refractivity contribution is 0.0997. The van der Waals surface area contributed by atoms with Crippen LogP contribution in [0.5, 0.6) is 5.75 Å². The van der Waals surface area contributed by atoms with Crippen molar-refractivity contribution in [2.45, 2.75) is 24.3 Å². The second-order valence-corrected chi connectivity index (χ2v) is 10.4. The Balaban J connectivity index is 1.95. The van der Waals surface area contributed by atoms with Gasteiger partial charge in [0.05, 0.1) is 35.5 Å². The Morgan fingerprint density at radius 3 is 2.33 bits per heavy atom. The van der Waals surface area contributed by atoms with Gasteiger partial charge in [0.15, 0.2) is 4.80 Å². The number of thiazole rings is 1. The van der Waals surface area contributed by atoms with Crippen LogP contribution in [-0.2, 0) is 21.3 Å². The second-order valence-electron chi connectivity index (χ2n) is 7.50. The topological polar surface area (TPSA) is 138 Å². The maximum absolute atomic E-state index is 13.0. The highest BCUT2D eigenvalue weighted by Gasteiger charge is 2.24. The number of carbonyl (C=O) groups is 1. The molecule has 0 aliphatic rings. The highest BCUT2D eigenvalue weighted by Crippen LogP contribution is 2.27. The molecule has 0 atom stereocenters. The number of amides is 1. The van der Waals surface area contributed by atoms with E-state index in [1.807, 2.05) is 34.9 Å². The zero-order chi connectivity index (χ0) is 26.1. The molecule has 1 heterocycles. The Labute approximate surface area is 213 Å². The van der Waals surface area contributed by atoms with Gasteiger partial charge in [-0.15, -0.1) is 0 Å². The van der Waals surface area contributed by atoms with Crippen LogP contribution in [0.25, 0.3) is 10.2 Å². The van der Waals surface area contributed by atoms with Crippen molar-refractivity contribution in [1.29, 1.82) is 10.5 Å². The molecule has 188 valence electrons. The van der Waals surface area contributed by atoms with Crippen molar-refractivity contribution < 1.29 is 22.7 Å². The van der Waals surface area contributed by atoms with E-state index in [1.54, 1.807) is 14.2 Å². The normalized spacial score (nSPS) is 12.0. The Kier molecular flexibility index (Phi) is 9.33. The molecule has 1 aromatic heterocycles. The van der Waals surface area contributed by atoms with Crippen molar-refractivity contribution in [1.82, 2.24) is 8.87 Å². The van der Waals surface area contributed by atoms with Gasteiger partial charge in [0.25, 0.3) is 5.91 Å². The van der Waals surface area contributed by atoms with Crippen LogP contribution in [0.15, 0.2) is 52.4 Å². The minimum absolute atomic E-state index is 0.00311. The van der Waals surface area contributed by atoms with Gasteiger partial charge in [-0.2, -0.15) is 19.8 Å². The maximum Gasteiger partial charge on any atom is 0.279 e. The van der Waals surface area contributed by atoms with E-state index in [0.717, 1.165) is 14.5 Å². The third-order valence-electron chi connectivity index (χ3n) is 5.29. The Morgan fingerprint density at radius 1 is 1.08 bits per heavy atom. The highest BCUT2D eigenvalue weighted by atomic mass is 32.2. The number of nitriles is 2. The Hall–Kier alpha value is -3.55. The molecule has 10 nitrogen and oxygen atoms in total. The first-order valence-corrected chi connectivity index (χ1v) is 13.2. The summed E-state index contributed by atoms with van der Waals surface area (Å²) in [5, 5.41) is 17.7. The summed E-state index contributed by atoms with van der Waals surface area (Å²) >= 11 is 1.34. The fourth-order valence-electron chi connectivity index (χ4n) is 3.51. The monoisotopic (exact) mass is 527 g/mol. The van der Waals surface area contributed by atoms with Gasteiger partial charge in [-0.1, -0.05) is 17.4 Å². The molecular formula is C24H25N5O5S2. The molecule has 0 radical (unpaired) electrons. The molecule has 0 spiro atoms. The number of fused-ring (bicyclic) bond motifs is 1. The molecular weight excluding hydrogens is 502 g/mol. The number of ether oxygens (including phenoxy) is 2. The molecule has 0 saturated carbocycles. The summed E-state index contributed by atoms with van der Waals surface area (Å²) in [5.41, 5.74) is 1.03. The number of para-hydroxylation sites is 1. The molecule has 1 amide bonds. The van der Waals surface area contributed by atoms with Crippen LogP contribution in [0.1, 0.15) is 23.2 Å². The number of carbonyl (C=O) groups excluding carboxylic acids is 1. The van der Waals surface area contributed by atoms with Crippen molar-refractivity contribution in [3.8, 4) is 17.9 Å². The first kappa shape index (κ1) is 27.0. The van der Waals surface area contributed by atoms with Gasteiger partial charge in [0, 0.05) is 45.1 Å². The largest absolute Gasteiger partial charge is 0.495 e. The van der Waals surface area contributed by atoms with Crippen LogP contribution in [0.2, 0.25) is 0 Å². The van der Waals surface area contributed by atoms with E-state index in [1.165, 1.54) is 35.6 Å². The quantitative estimate of drug-likeness (QED) is 0.374. The predicted octanol–water partition coefficient (Wildman–Crippen LogP) is 2.92. The van der Waals surface area contributed by atoms with E-state index in [4.69, 9.17) is 20.0 Å². The number of benzene rings is 2. The van der Waals surface area contributed by atoms with Crippen molar-refractivity contribution in [3.05, 3.63) is 52.8 Å². The first-order valence-electron chi connectivity index (χ1n) is 11.0. The second kappa shape index (κ2) is 12.4. The lowest BCUT2D eigenvalue weighted by Crippen LogP contribution is -2.32. The fraction of sp³-hybridized carbons (Fsp3) is 0.333. The number of aromatic nitrogens is 1. The molecule has 0 saturated heterocycles. The lowest BCUT2D eigenvalue weighted by Gasteiger charge is -2.20. The van der Waals surface area contributed by atoms with Crippen LogP contribution >= 0.6 is 11.3 Å². The van der Waals surface area contributed by atoms with Crippen LogP contribution in [0, 0.1) is 22.7 Å². The van der Waals surface area contributed by atoms with E-state index in [-0.39, 0.29) is 36.4 Å². The standard InChI is InChI=1S/C24H25N5O5S2/c1-33-17-16-29-22-20(34-2)6-3-7-21(22)35-24(29)27-23(30)18-8-10-19(11-9-18)36(31,32)28(14-4-12-25)15-5-13-26/h3,6-11H,4-5,14-17H2,1-2H3. The molecule has 0 unspecified atom stereocenters. The summed E-state index contributed by atoms with van der Waals surface area (Å²) < 4.78 is 40.6. The van der Waals surface area contributed by atoms with Gasteiger partial charge in [0.2, 0.25) is 10.0 Å². The van der Waals surface area contributed by atoms with Gasteiger partial charge < -0.3 is 14.0 Å². The van der Waals surface area contributed by atoms with Crippen molar-refractivity contribution in [2.75, 3.05) is 33.9 Å². The number of methoxy groups -OCH3 is 2. The van der Waals surface area contributed by atoms with E-state index in [0.29, 0.717) is 23.7 Å². The molecule has 12 heteroatoms. The van der Waals surface area contributed by atoms with Gasteiger partial charge in [-0.05, 0) is 36.4 Å². The molecule has 2 aromatic carbocycles. The summed E-state index contributed by atoms with van der Waals surface area (Å²) in [6.07, 6.45) is 0.00621. The molecule has 36 heavy (non-hydrogen) atoms. The molecule has 3 aromatic rings. The first-order chi connectivity index (χ1) is 17.4. The van der Waals surface area contributed by atoms with E-state index < -0.39 is 15.9 Å². The van der Waals surface area contributed by atoms with Crippen molar-refractivity contribution >= 4 is 37.5 Å². The molecule has 0 N–H and O–H groups in total. The summed E-state index contributed by atoms with van der Waals surface area (Å²) in [6.45, 7) is 0.828.